The molecule has 19 nitrogen and oxygen atoms in total. The van der Waals surface area contributed by atoms with E-state index < -0.39 is 89.7 Å². The molecule has 92 heavy (non-hydrogen) atoms. The van der Waals surface area contributed by atoms with Crippen LogP contribution in [0.3, 0.4) is 0 Å². The normalized spacial score (nSPS) is 21.7. The molecule has 4 aliphatic heterocycles. The Kier molecular flexibility index (Phi) is 18.1. The van der Waals surface area contributed by atoms with Gasteiger partial charge in [0.2, 0.25) is 41.4 Å². The van der Waals surface area contributed by atoms with Gasteiger partial charge >= 0.3 is 12.1 Å². The average molecular weight is 1270 g/mol. The van der Waals surface area contributed by atoms with Crippen molar-refractivity contribution in [3.63, 3.8) is 0 Å². The molecule has 7 aliphatic rings. The Morgan fingerprint density at radius 2 is 0.978 bits per heavy atom. The summed E-state index contributed by atoms with van der Waals surface area (Å²) in [5, 5.41) is 20.1. The number of hydrogen-bond acceptors (Lipinski definition) is 12. The number of carbonyl (C=O) groups excluding carboxylic acids is 6. The van der Waals surface area contributed by atoms with E-state index in [1.807, 2.05) is 48.5 Å². The Labute approximate surface area is 524 Å². The lowest BCUT2D eigenvalue weighted by molar-refractivity contribution is -0.149. The maximum absolute atomic E-state index is 14.7. The highest BCUT2D eigenvalue weighted by molar-refractivity contribution is 6.02. The predicted octanol–water partition coefficient (Wildman–Crippen LogP) is 10.7. The van der Waals surface area contributed by atoms with Crippen molar-refractivity contribution < 1.29 is 79.2 Å². The smallest absolute Gasteiger partial charge is 0.410 e. The lowest BCUT2D eigenvalue weighted by Gasteiger charge is -2.42. The number of pyridine rings is 2. The number of amides is 6. The summed E-state index contributed by atoms with van der Waals surface area (Å²) in [5.74, 6) is -7.30. The van der Waals surface area contributed by atoms with Gasteiger partial charge in [0, 0.05) is 44.4 Å². The van der Waals surface area contributed by atoms with E-state index in [0.717, 1.165) is 27.2 Å². The summed E-state index contributed by atoms with van der Waals surface area (Å²) in [5.41, 5.74) is 5.11. The molecule has 0 bridgehead atoms. The number of likely N-dealkylation sites (tertiary alicyclic amines) is 2. The highest BCUT2D eigenvalue weighted by Gasteiger charge is 2.54. The largest absolute Gasteiger partial charge is 0.497 e. The molecular weight excluding hydrogens is 1210 g/mol. The fourth-order valence-electron chi connectivity index (χ4n) is 13.4. The molecule has 2 aromatic heterocycles. The number of anilines is 4. The van der Waals surface area contributed by atoms with Crippen LogP contribution in [0, 0.1) is 0 Å². The minimum absolute atomic E-state index is 0.0400. The third-order valence-corrected chi connectivity index (χ3v) is 18.4. The van der Waals surface area contributed by atoms with Gasteiger partial charge in [0.15, 0.2) is 0 Å². The third-order valence-electron chi connectivity index (χ3n) is 18.4. The number of ether oxygens (including phenoxy) is 3. The van der Waals surface area contributed by atoms with E-state index >= 15 is 0 Å². The molecule has 25 heteroatoms. The number of benzene rings is 4. The highest BCUT2D eigenvalue weighted by Crippen LogP contribution is 2.50. The second-order valence-corrected chi connectivity index (χ2v) is 24.1. The zero-order chi connectivity index (χ0) is 65.3. The molecule has 4 aromatic carbocycles. The van der Waals surface area contributed by atoms with Crippen LogP contribution in [0.4, 0.5) is 54.1 Å². The fourth-order valence-corrected chi connectivity index (χ4v) is 13.4. The van der Waals surface area contributed by atoms with Crippen LogP contribution >= 0.6 is 0 Å². The minimum Gasteiger partial charge on any atom is -0.497 e. The second kappa shape index (κ2) is 26.0. The van der Waals surface area contributed by atoms with Gasteiger partial charge < -0.3 is 45.5 Å². The number of fused-ring (bicyclic) bond motifs is 5. The molecule has 2 saturated heterocycles. The first kappa shape index (κ1) is 64.0. The molecule has 482 valence electrons. The monoisotopic (exact) mass is 1270 g/mol. The highest BCUT2D eigenvalue weighted by atomic mass is 19.3. The van der Waals surface area contributed by atoms with Crippen LogP contribution in [0.5, 0.6) is 11.5 Å². The summed E-state index contributed by atoms with van der Waals surface area (Å²) in [4.78, 5) is 98.9. The molecule has 6 aromatic rings. The van der Waals surface area contributed by atoms with Crippen LogP contribution in [0.2, 0.25) is 0 Å². The topological polar surface area (TPSA) is 248 Å². The second-order valence-electron chi connectivity index (χ2n) is 24.1. The van der Waals surface area contributed by atoms with E-state index in [2.05, 4.69) is 31.2 Å². The first-order valence-corrected chi connectivity index (χ1v) is 30.2. The average Bonchev–Trinajstić information content (AvgIpc) is 1.11. The van der Waals surface area contributed by atoms with Gasteiger partial charge in [-0.05, 0) is 108 Å². The SMILES string of the molecule is COc1ccc(C2(C(=O)N3C[C@H](F)C[C@@H]3C(=O)Nc3ccc4c(n3)CC(=O)N4)CCC(F)(F)CC2)cc1.COc1ccc(C2(C(=O)O)CCC(F)(F)CC2)cc1.O=C1Cc2nc(NC(=O)[C@H]3C[C@@H](F)CN3C(=O)OCC3c4ccccc4-c4ccccc43)ccc2N1. The first-order valence-electron chi connectivity index (χ1n) is 30.2. The summed E-state index contributed by atoms with van der Waals surface area (Å²) >= 11 is 0. The van der Waals surface area contributed by atoms with Crippen molar-refractivity contribution in [2.75, 3.05) is 55.2 Å². The molecule has 13 rings (SSSR count). The summed E-state index contributed by atoms with van der Waals surface area (Å²) < 4.78 is 99.6. The van der Waals surface area contributed by atoms with E-state index in [-0.39, 0.29) is 113 Å². The zero-order valence-corrected chi connectivity index (χ0v) is 50.1. The molecule has 0 unspecified atom stereocenters. The predicted molar refractivity (Wildman–Crippen MR) is 324 cm³/mol. The standard InChI is InChI=1S/C27H23FN4O4.C26H27F3N4O4.C14H16F2O3/c28-15-11-23(26(34)31-24-10-9-21-22(29-24)12-25(33)30-21)32(13-15)27(35)36-14-20-18-7-3-1-5-16(18)17-6-2-4-8-19(17)20;1-37-17-4-2-15(3-5-17)25(8-10-26(28,29)11-9-25)24(36)33-14-16(27)12-20(33)23(35)32-21-7-6-18-19(30-21)13-22(34)31-18;1-19-11-4-2-10(3-5-11)13(12(17)18)6-8-14(15,16)9-7-13/h1-10,15,20,23H,11-14H2,(H,30,33)(H,29,31,34);2-7,16,20H,8-14H2,1H3,(H,31,34)(H,30,32,35);2-5H,6-9H2,1H3,(H,17,18)/t15-,23-;16-,20-;/m11./s1. The number of halogens is 6. The van der Waals surface area contributed by atoms with Crippen molar-refractivity contribution in [3.8, 4) is 22.6 Å². The van der Waals surface area contributed by atoms with Gasteiger partial charge in [-0.3, -0.25) is 33.7 Å². The molecule has 2 saturated carbocycles. The zero-order valence-electron chi connectivity index (χ0n) is 50.1. The Morgan fingerprint density at radius 3 is 1.42 bits per heavy atom. The lowest BCUT2D eigenvalue weighted by atomic mass is 9.67. The van der Waals surface area contributed by atoms with Gasteiger partial charge in [-0.25, -0.2) is 41.1 Å². The maximum atomic E-state index is 14.7. The summed E-state index contributed by atoms with van der Waals surface area (Å²) in [6.07, 6.45) is -5.70. The Morgan fingerprint density at radius 1 is 0.565 bits per heavy atom. The molecule has 0 radical (unpaired) electrons. The maximum Gasteiger partial charge on any atom is 0.410 e. The number of hydrogen-bond donors (Lipinski definition) is 5. The fraction of sp³-hybridized carbons (Fsp3) is 0.388. The van der Waals surface area contributed by atoms with Crippen molar-refractivity contribution >= 4 is 64.6 Å². The Bertz CT molecular complexity index is 3770. The van der Waals surface area contributed by atoms with Gasteiger partial charge in [-0.1, -0.05) is 72.8 Å². The number of nitrogens with zero attached hydrogens (tertiary/aromatic N) is 4. The summed E-state index contributed by atoms with van der Waals surface area (Å²) in [7, 11) is 3.01. The quantitative estimate of drug-likeness (QED) is 0.0717. The summed E-state index contributed by atoms with van der Waals surface area (Å²) in [6, 6.07) is 33.4. The van der Waals surface area contributed by atoms with Crippen molar-refractivity contribution in [1.82, 2.24) is 19.8 Å². The number of nitrogens with one attached hydrogen (secondary N) is 4. The molecular formula is C67H66F6N8O11. The van der Waals surface area contributed by atoms with Gasteiger partial charge in [0.1, 0.15) is 54.2 Å². The van der Waals surface area contributed by atoms with Crippen molar-refractivity contribution in [2.45, 2.75) is 130 Å². The summed E-state index contributed by atoms with van der Waals surface area (Å²) in [6.45, 7) is -0.436. The molecule has 4 fully saturated rings. The molecule has 3 aliphatic carbocycles. The van der Waals surface area contributed by atoms with Crippen LogP contribution in [0.25, 0.3) is 11.1 Å². The molecule has 0 spiro atoms. The van der Waals surface area contributed by atoms with Crippen LogP contribution in [0.15, 0.2) is 121 Å². The number of aromatic nitrogens is 2. The van der Waals surface area contributed by atoms with Crippen LogP contribution < -0.4 is 30.7 Å². The van der Waals surface area contributed by atoms with E-state index in [1.54, 1.807) is 66.7 Å². The van der Waals surface area contributed by atoms with Crippen LogP contribution in [0.1, 0.15) is 104 Å². The Balaban J connectivity index is 0.000000149. The van der Waals surface area contributed by atoms with E-state index in [1.165, 1.54) is 25.2 Å². The van der Waals surface area contributed by atoms with E-state index in [9.17, 15) is 65.0 Å². The van der Waals surface area contributed by atoms with E-state index in [0.29, 0.717) is 45.4 Å². The number of rotatable bonds is 12. The van der Waals surface area contributed by atoms with Crippen LogP contribution in [-0.2, 0) is 57.2 Å². The molecule has 4 atom stereocenters. The van der Waals surface area contributed by atoms with Crippen molar-refractivity contribution in [2.24, 2.45) is 0 Å². The minimum atomic E-state index is -2.89. The van der Waals surface area contributed by atoms with Gasteiger partial charge in [-0.2, -0.15) is 0 Å². The van der Waals surface area contributed by atoms with Gasteiger partial charge in [-0.15, -0.1) is 0 Å². The Hall–Kier alpha value is -9.55. The number of carbonyl (C=O) groups is 7. The number of methoxy groups -OCH3 is 2. The van der Waals surface area contributed by atoms with Gasteiger partial charge in [0.25, 0.3) is 0 Å². The first-order chi connectivity index (χ1) is 44.0. The molecule has 6 heterocycles. The number of alkyl halides is 6. The molecule has 6 amide bonds. The molecule has 5 N–H and O–H groups in total. The van der Waals surface area contributed by atoms with Crippen LogP contribution in [-0.4, -0.2) is 137 Å². The van der Waals surface area contributed by atoms with Crippen molar-refractivity contribution in [3.05, 3.63) is 155 Å². The third kappa shape index (κ3) is 13.3. The lowest BCUT2D eigenvalue weighted by Crippen LogP contribution is -2.54. The number of carboxylic acids is 1. The van der Waals surface area contributed by atoms with Gasteiger partial charge in [0.05, 0.1) is 73.7 Å². The van der Waals surface area contributed by atoms with Crippen molar-refractivity contribution in [1.29, 1.82) is 0 Å². The number of aliphatic carboxylic acids is 1. The number of carboxylic acid groups (broad SMARTS) is 1. The van der Waals surface area contributed by atoms with E-state index in [4.69, 9.17) is 14.2 Å².